The summed E-state index contributed by atoms with van der Waals surface area (Å²) < 4.78 is 0. The van der Waals surface area contributed by atoms with E-state index in [0.29, 0.717) is 13.1 Å². The van der Waals surface area contributed by atoms with E-state index in [1.807, 2.05) is 12.1 Å². The van der Waals surface area contributed by atoms with E-state index in [0.717, 1.165) is 31.7 Å². The molecule has 0 spiro atoms. The molecule has 1 N–H and O–H groups in total. The highest BCUT2D eigenvalue weighted by Gasteiger charge is 2.20. The van der Waals surface area contributed by atoms with Gasteiger partial charge in [-0.3, -0.25) is 14.7 Å². The van der Waals surface area contributed by atoms with Crippen LogP contribution in [-0.2, 0) is 11.3 Å². The van der Waals surface area contributed by atoms with Crippen LogP contribution in [0.25, 0.3) is 0 Å². The summed E-state index contributed by atoms with van der Waals surface area (Å²) in [5.74, 6) is 0.0806. The van der Waals surface area contributed by atoms with E-state index >= 15 is 0 Å². The lowest BCUT2D eigenvalue weighted by molar-refractivity contribution is -0.122. The molecule has 0 radical (unpaired) electrons. The third-order valence-electron chi connectivity index (χ3n) is 4.90. The molecule has 0 unspecified atom stereocenters. The largest absolute Gasteiger partial charge is 0.369 e. The average molecular weight is 338 g/mol. The Morgan fingerprint density at radius 1 is 1.08 bits per heavy atom. The summed E-state index contributed by atoms with van der Waals surface area (Å²) in [5.41, 5.74) is 5.08. The Bertz CT molecular complexity index is 709. The lowest BCUT2D eigenvalue weighted by Gasteiger charge is -2.36. The molecular weight excluding hydrogens is 312 g/mol. The maximum absolute atomic E-state index is 12.2. The number of benzene rings is 1. The van der Waals surface area contributed by atoms with E-state index in [1.165, 1.54) is 16.8 Å². The Hall–Kier alpha value is -2.40. The lowest BCUT2D eigenvalue weighted by atomic mass is 10.1. The van der Waals surface area contributed by atoms with Crippen molar-refractivity contribution in [2.24, 2.45) is 0 Å². The van der Waals surface area contributed by atoms with E-state index in [-0.39, 0.29) is 5.91 Å². The number of aryl methyl sites for hydroxylation is 1. The van der Waals surface area contributed by atoms with Gasteiger partial charge in [-0.15, -0.1) is 0 Å². The zero-order valence-electron chi connectivity index (χ0n) is 15.0. The van der Waals surface area contributed by atoms with Gasteiger partial charge in [-0.25, -0.2) is 0 Å². The first-order chi connectivity index (χ1) is 12.1. The molecule has 1 amide bonds. The normalized spacial score (nSPS) is 15.2. The van der Waals surface area contributed by atoms with Gasteiger partial charge in [0.15, 0.2) is 0 Å². The number of rotatable bonds is 5. The summed E-state index contributed by atoms with van der Waals surface area (Å²) in [6, 6.07) is 10.3. The third kappa shape index (κ3) is 4.57. The van der Waals surface area contributed by atoms with Gasteiger partial charge in [-0.1, -0.05) is 12.1 Å². The van der Waals surface area contributed by atoms with Gasteiger partial charge in [0.05, 0.1) is 6.54 Å². The van der Waals surface area contributed by atoms with Crippen LogP contribution in [0.5, 0.6) is 0 Å². The van der Waals surface area contributed by atoms with Crippen molar-refractivity contribution >= 4 is 11.6 Å². The number of anilines is 1. The van der Waals surface area contributed by atoms with Crippen molar-refractivity contribution in [3.05, 3.63) is 59.4 Å². The maximum Gasteiger partial charge on any atom is 0.234 e. The average Bonchev–Trinajstić information content (AvgIpc) is 2.64. The molecule has 1 fully saturated rings. The fourth-order valence-electron chi connectivity index (χ4n) is 3.19. The lowest BCUT2D eigenvalue weighted by Crippen LogP contribution is -2.49. The van der Waals surface area contributed by atoms with Crippen LogP contribution in [-0.4, -0.2) is 48.5 Å². The summed E-state index contributed by atoms with van der Waals surface area (Å²) in [4.78, 5) is 20.8. The maximum atomic E-state index is 12.2. The van der Waals surface area contributed by atoms with Gasteiger partial charge in [0.2, 0.25) is 5.91 Å². The molecule has 1 aliphatic heterocycles. The predicted molar refractivity (Wildman–Crippen MR) is 101 cm³/mol. The Morgan fingerprint density at radius 2 is 1.80 bits per heavy atom. The highest BCUT2D eigenvalue weighted by Crippen LogP contribution is 2.23. The number of hydrogen-bond acceptors (Lipinski definition) is 4. The van der Waals surface area contributed by atoms with Crippen molar-refractivity contribution in [1.82, 2.24) is 15.2 Å². The van der Waals surface area contributed by atoms with Crippen molar-refractivity contribution in [3.63, 3.8) is 0 Å². The second-order valence-electron chi connectivity index (χ2n) is 6.61. The fourth-order valence-corrected chi connectivity index (χ4v) is 3.19. The van der Waals surface area contributed by atoms with Gasteiger partial charge in [0, 0.05) is 50.8 Å². The molecule has 1 aliphatic rings. The van der Waals surface area contributed by atoms with Crippen LogP contribution < -0.4 is 10.2 Å². The topological polar surface area (TPSA) is 48.5 Å². The first-order valence-electron chi connectivity index (χ1n) is 8.82. The molecule has 5 heteroatoms. The Morgan fingerprint density at radius 3 is 2.52 bits per heavy atom. The van der Waals surface area contributed by atoms with Crippen molar-refractivity contribution in [2.75, 3.05) is 37.6 Å². The molecule has 3 rings (SSSR count). The zero-order valence-corrected chi connectivity index (χ0v) is 15.0. The molecule has 0 atom stereocenters. The second kappa shape index (κ2) is 8.12. The zero-order chi connectivity index (χ0) is 17.6. The number of pyridine rings is 1. The van der Waals surface area contributed by atoms with Crippen LogP contribution in [0.4, 0.5) is 5.69 Å². The molecule has 1 aromatic carbocycles. The van der Waals surface area contributed by atoms with Gasteiger partial charge in [0.25, 0.3) is 0 Å². The van der Waals surface area contributed by atoms with Crippen molar-refractivity contribution in [1.29, 1.82) is 0 Å². The van der Waals surface area contributed by atoms with Gasteiger partial charge in [0.1, 0.15) is 0 Å². The molecule has 2 heterocycles. The number of aromatic nitrogens is 1. The molecular formula is C20H26N4O. The van der Waals surface area contributed by atoms with E-state index in [4.69, 9.17) is 0 Å². The monoisotopic (exact) mass is 338 g/mol. The van der Waals surface area contributed by atoms with E-state index in [9.17, 15) is 4.79 Å². The summed E-state index contributed by atoms with van der Waals surface area (Å²) in [7, 11) is 0. The molecule has 0 bridgehead atoms. The number of hydrogen-bond donors (Lipinski definition) is 1. The predicted octanol–water partition coefficient (Wildman–Crippen LogP) is 2.14. The van der Waals surface area contributed by atoms with Crippen LogP contribution in [0.3, 0.4) is 0 Å². The summed E-state index contributed by atoms with van der Waals surface area (Å²) in [5, 5.41) is 2.98. The summed E-state index contributed by atoms with van der Waals surface area (Å²) in [6.07, 6.45) is 3.49. The quantitative estimate of drug-likeness (QED) is 0.907. The number of nitrogens with zero attached hydrogens (tertiary/aromatic N) is 3. The van der Waals surface area contributed by atoms with Crippen molar-refractivity contribution in [2.45, 2.75) is 20.4 Å². The van der Waals surface area contributed by atoms with Crippen LogP contribution in [0.15, 0.2) is 42.7 Å². The molecule has 1 aromatic heterocycles. The van der Waals surface area contributed by atoms with E-state index in [1.54, 1.807) is 12.4 Å². The minimum absolute atomic E-state index is 0.0806. The molecule has 0 saturated carbocycles. The number of nitrogens with one attached hydrogen (secondary N) is 1. The minimum Gasteiger partial charge on any atom is -0.369 e. The minimum atomic E-state index is 0.0806. The Labute approximate surface area is 149 Å². The van der Waals surface area contributed by atoms with Crippen molar-refractivity contribution < 1.29 is 4.79 Å². The molecule has 2 aromatic rings. The molecule has 0 aliphatic carbocycles. The highest BCUT2D eigenvalue weighted by molar-refractivity contribution is 5.78. The second-order valence-corrected chi connectivity index (χ2v) is 6.61. The number of amides is 1. The molecule has 25 heavy (non-hydrogen) atoms. The van der Waals surface area contributed by atoms with Crippen LogP contribution in [0, 0.1) is 13.8 Å². The van der Waals surface area contributed by atoms with Crippen LogP contribution in [0.2, 0.25) is 0 Å². The standard InChI is InChI=1S/C20H26N4O/c1-16-4-3-5-19(17(16)2)24-12-10-23(11-13-24)15-20(25)22-14-18-6-8-21-9-7-18/h3-9H,10-15H2,1-2H3,(H,22,25). The van der Waals surface area contributed by atoms with Crippen LogP contribution >= 0.6 is 0 Å². The Kier molecular flexibility index (Phi) is 5.66. The number of carbonyl (C=O) groups excluding carboxylic acids is 1. The molecule has 132 valence electrons. The Balaban J connectivity index is 1.46. The third-order valence-corrected chi connectivity index (χ3v) is 4.90. The number of piperazine rings is 1. The first kappa shape index (κ1) is 17.4. The van der Waals surface area contributed by atoms with Crippen LogP contribution in [0.1, 0.15) is 16.7 Å². The smallest absolute Gasteiger partial charge is 0.234 e. The molecule has 5 nitrogen and oxygen atoms in total. The SMILES string of the molecule is Cc1cccc(N2CCN(CC(=O)NCc3ccncc3)CC2)c1C. The van der Waals surface area contributed by atoms with E-state index < -0.39 is 0 Å². The van der Waals surface area contributed by atoms with Gasteiger partial charge in [-0.05, 0) is 48.7 Å². The van der Waals surface area contributed by atoms with Gasteiger partial charge in [-0.2, -0.15) is 0 Å². The number of carbonyl (C=O) groups is 1. The van der Waals surface area contributed by atoms with Gasteiger partial charge < -0.3 is 10.2 Å². The molecule has 1 saturated heterocycles. The fraction of sp³-hybridized carbons (Fsp3) is 0.400. The highest BCUT2D eigenvalue weighted by atomic mass is 16.2. The summed E-state index contributed by atoms with van der Waals surface area (Å²) >= 11 is 0. The van der Waals surface area contributed by atoms with Gasteiger partial charge >= 0.3 is 0 Å². The van der Waals surface area contributed by atoms with Crippen molar-refractivity contribution in [3.8, 4) is 0 Å². The van der Waals surface area contributed by atoms with E-state index in [2.05, 4.69) is 52.1 Å². The first-order valence-corrected chi connectivity index (χ1v) is 8.82. The summed E-state index contributed by atoms with van der Waals surface area (Å²) in [6.45, 7) is 9.11.